The quantitative estimate of drug-likeness (QED) is 0.375. The lowest BCUT2D eigenvalue weighted by molar-refractivity contribution is -0.127. The zero-order chi connectivity index (χ0) is 27.9. The van der Waals surface area contributed by atoms with Gasteiger partial charge in [-0.25, -0.2) is 0 Å². The fourth-order valence-corrected chi connectivity index (χ4v) is 5.24. The van der Waals surface area contributed by atoms with Gasteiger partial charge in [-0.3, -0.25) is 14.4 Å². The molecule has 2 aromatic carbocycles. The number of benzene rings is 2. The van der Waals surface area contributed by atoms with E-state index in [2.05, 4.69) is 26.5 Å². The second-order valence-electron chi connectivity index (χ2n) is 9.90. The fraction of sp³-hybridized carbons (Fsp3) is 0.367. The van der Waals surface area contributed by atoms with Gasteiger partial charge < -0.3 is 34.5 Å². The summed E-state index contributed by atoms with van der Waals surface area (Å²) in [6.45, 7) is 4.89. The molecule has 2 fully saturated rings. The molecule has 0 aliphatic carbocycles. The number of carbonyl (C=O) groups excluding carboxylic acids is 3. The number of amides is 3. The number of anilines is 3. The van der Waals surface area contributed by atoms with Crippen molar-refractivity contribution in [2.45, 2.75) is 19.3 Å². The minimum absolute atomic E-state index is 0.183. The van der Waals surface area contributed by atoms with Crippen molar-refractivity contribution in [3.8, 4) is 5.75 Å². The molecule has 10 heteroatoms. The van der Waals surface area contributed by atoms with E-state index in [1.54, 1.807) is 31.4 Å². The normalized spacial score (nSPS) is 15.3. The molecule has 3 aromatic rings. The lowest BCUT2D eigenvalue weighted by atomic mass is 10.1. The maximum atomic E-state index is 13.0. The smallest absolute Gasteiger partial charge is 0.291 e. The van der Waals surface area contributed by atoms with Crippen molar-refractivity contribution in [3.63, 3.8) is 0 Å². The number of nitrogens with zero attached hydrogens (tertiary/aromatic N) is 3. The number of hydrogen-bond acceptors (Lipinski definition) is 7. The predicted octanol–water partition coefficient (Wildman–Crippen LogP) is 3.61. The lowest BCUT2D eigenvalue weighted by Crippen LogP contribution is -2.47. The molecule has 3 amide bonds. The summed E-state index contributed by atoms with van der Waals surface area (Å²) < 4.78 is 10.8. The van der Waals surface area contributed by atoms with Crippen LogP contribution in [0.1, 0.15) is 40.2 Å². The number of likely N-dealkylation sites (tertiary alicyclic amines) is 1. The first-order chi connectivity index (χ1) is 19.5. The Balaban J connectivity index is 1.27. The monoisotopic (exact) mass is 545 g/mol. The van der Waals surface area contributed by atoms with Gasteiger partial charge in [-0.15, -0.1) is 0 Å². The predicted molar refractivity (Wildman–Crippen MR) is 153 cm³/mol. The number of rotatable bonds is 10. The summed E-state index contributed by atoms with van der Waals surface area (Å²) in [4.78, 5) is 44.0. The maximum absolute atomic E-state index is 13.0. The van der Waals surface area contributed by atoms with Crippen LogP contribution in [0.25, 0.3) is 0 Å². The molecule has 0 bridgehead atoms. The van der Waals surface area contributed by atoms with E-state index in [4.69, 9.17) is 9.15 Å². The molecule has 0 saturated carbocycles. The number of furan rings is 1. The van der Waals surface area contributed by atoms with E-state index >= 15 is 0 Å². The highest BCUT2D eigenvalue weighted by molar-refractivity contribution is 6.05. The van der Waals surface area contributed by atoms with Crippen molar-refractivity contribution in [2.24, 2.45) is 0 Å². The number of methoxy groups -OCH3 is 1. The van der Waals surface area contributed by atoms with Gasteiger partial charge in [-0.2, -0.15) is 0 Å². The van der Waals surface area contributed by atoms with Crippen LogP contribution in [0.15, 0.2) is 65.3 Å². The Labute approximate surface area is 233 Å². The fourth-order valence-electron chi connectivity index (χ4n) is 5.24. The third kappa shape index (κ3) is 6.22. The van der Waals surface area contributed by atoms with Crippen LogP contribution < -0.4 is 25.2 Å². The minimum Gasteiger partial charge on any atom is -0.495 e. The standard InChI is InChI=1S/C30H35N5O5/c1-39-26-8-3-2-7-25(26)34-18-16-33(17-19-34)24-12-11-22(21-23(24)32-30(38)27-9-5-20-40-27)29(37)31-13-6-15-35-14-4-10-28(35)36/h2-3,5,7-9,11-12,20-21H,4,6,10,13-19H2,1H3,(H,31,37)(H,32,38). The summed E-state index contributed by atoms with van der Waals surface area (Å²) in [5.74, 6) is 0.603. The van der Waals surface area contributed by atoms with Crippen molar-refractivity contribution >= 4 is 34.8 Å². The molecule has 2 aliphatic rings. The van der Waals surface area contributed by atoms with Gasteiger partial charge in [-0.1, -0.05) is 12.1 Å². The minimum atomic E-state index is -0.383. The van der Waals surface area contributed by atoms with E-state index < -0.39 is 0 Å². The van der Waals surface area contributed by atoms with Crippen LogP contribution in [0.3, 0.4) is 0 Å². The third-order valence-electron chi connectivity index (χ3n) is 7.36. The van der Waals surface area contributed by atoms with Crippen molar-refractivity contribution in [3.05, 3.63) is 72.2 Å². The summed E-state index contributed by atoms with van der Waals surface area (Å²) in [7, 11) is 1.68. The Morgan fingerprint density at radius 3 is 2.40 bits per heavy atom. The van der Waals surface area contributed by atoms with E-state index in [1.807, 2.05) is 29.2 Å². The van der Waals surface area contributed by atoms with Crippen LogP contribution in [0.2, 0.25) is 0 Å². The van der Waals surface area contributed by atoms with E-state index in [0.29, 0.717) is 37.2 Å². The number of ether oxygens (including phenoxy) is 1. The number of carbonyl (C=O) groups is 3. The molecule has 10 nitrogen and oxygen atoms in total. The molecule has 2 N–H and O–H groups in total. The van der Waals surface area contributed by atoms with Gasteiger partial charge in [0.25, 0.3) is 11.8 Å². The Morgan fingerprint density at radius 1 is 0.925 bits per heavy atom. The first-order valence-corrected chi connectivity index (χ1v) is 13.7. The molecule has 3 heterocycles. The highest BCUT2D eigenvalue weighted by Gasteiger charge is 2.24. The van der Waals surface area contributed by atoms with Gasteiger partial charge in [0.15, 0.2) is 5.76 Å². The largest absolute Gasteiger partial charge is 0.495 e. The topological polar surface area (TPSA) is 107 Å². The molecular weight excluding hydrogens is 510 g/mol. The molecule has 2 aliphatic heterocycles. The van der Waals surface area contributed by atoms with E-state index in [9.17, 15) is 14.4 Å². The number of piperazine rings is 1. The maximum Gasteiger partial charge on any atom is 0.291 e. The number of para-hydroxylation sites is 2. The number of hydrogen-bond donors (Lipinski definition) is 2. The van der Waals surface area contributed by atoms with Crippen molar-refractivity contribution < 1.29 is 23.5 Å². The highest BCUT2D eigenvalue weighted by atomic mass is 16.5. The van der Waals surface area contributed by atoms with Crippen molar-refractivity contribution in [1.82, 2.24) is 10.2 Å². The molecule has 2 saturated heterocycles. The van der Waals surface area contributed by atoms with Crippen LogP contribution in [0, 0.1) is 0 Å². The second-order valence-corrected chi connectivity index (χ2v) is 9.90. The first-order valence-electron chi connectivity index (χ1n) is 13.7. The zero-order valence-electron chi connectivity index (χ0n) is 22.7. The Morgan fingerprint density at radius 2 is 1.70 bits per heavy atom. The molecule has 40 heavy (non-hydrogen) atoms. The van der Waals surface area contributed by atoms with Crippen LogP contribution in [-0.4, -0.2) is 75.5 Å². The van der Waals surface area contributed by atoms with E-state index in [-0.39, 0.29) is 23.5 Å². The molecule has 0 unspecified atom stereocenters. The Hall–Kier alpha value is -4.47. The second kappa shape index (κ2) is 12.6. The van der Waals surface area contributed by atoms with Gasteiger partial charge >= 0.3 is 0 Å². The Bertz CT molecular complexity index is 1330. The summed E-state index contributed by atoms with van der Waals surface area (Å²) in [5, 5.41) is 5.88. The SMILES string of the molecule is COc1ccccc1N1CCN(c2ccc(C(=O)NCCCN3CCCC3=O)cc2NC(=O)c2ccco2)CC1. The van der Waals surface area contributed by atoms with Crippen LogP contribution in [0.4, 0.5) is 17.1 Å². The number of nitrogens with one attached hydrogen (secondary N) is 2. The van der Waals surface area contributed by atoms with Crippen LogP contribution in [0.5, 0.6) is 5.75 Å². The lowest BCUT2D eigenvalue weighted by Gasteiger charge is -2.38. The molecule has 5 rings (SSSR count). The van der Waals surface area contributed by atoms with Gasteiger partial charge in [0, 0.05) is 57.8 Å². The van der Waals surface area contributed by atoms with Crippen LogP contribution >= 0.6 is 0 Å². The summed E-state index contributed by atoms with van der Waals surface area (Å²) >= 11 is 0. The van der Waals surface area contributed by atoms with Gasteiger partial charge in [0.05, 0.1) is 30.4 Å². The summed E-state index contributed by atoms with van der Waals surface area (Å²) in [5.41, 5.74) is 2.88. The van der Waals surface area contributed by atoms with Gasteiger partial charge in [-0.05, 0) is 55.3 Å². The van der Waals surface area contributed by atoms with Gasteiger partial charge in [0.1, 0.15) is 5.75 Å². The molecule has 0 spiro atoms. The van der Waals surface area contributed by atoms with Crippen molar-refractivity contribution in [1.29, 1.82) is 0 Å². The zero-order valence-corrected chi connectivity index (χ0v) is 22.7. The summed E-state index contributed by atoms with van der Waals surface area (Å²) in [6.07, 6.45) is 3.65. The van der Waals surface area contributed by atoms with Gasteiger partial charge in [0.2, 0.25) is 5.91 Å². The molecule has 1 aromatic heterocycles. The average molecular weight is 546 g/mol. The van der Waals surface area contributed by atoms with E-state index in [1.165, 1.54) is 6.26 Å². The van der Waals surface area contributed by atoms with E-state index in [0.717, 1.165) is 56.3 Å². The first kappa shape index (κ1) is 27.1. The molecule has 210 valence electrons. The molecule has 0 radical (unpaired) electrons. The van der Waals surface area contributed by atoms with Crippen LogP contribution in [-0.2, 0) is 4.79 Å². The average Bonchev–Trinajstić information content (AvgIpc) is 3.68. The Kier molecular flexibility index (Phi) is 8.53. The molecule has 0 atom stereocenters. The highest BCUT2D eigenvalue weighted by Crippen LogP contribution is 2.32. The molecular formula is C30H35N5O5. The third-order valence-corrected chi connectivity index (χ3v) is 7.36. The van der Waals surface area contributed by atoms with Crippen molar-refractivity contribution in [2.75, 3.05) is 68.0 Å². The summed E-state index contributed by atoms with van der Waals surface area (Å²) in [6, 6.07) is 16.6.